The van der Waals surface area contributed by atoms with Crippen molar-refractivity contribution in [3.05, 3.63) is 39.0 Å². The number of halogens is 2. The third kappa shape index (κ3) is 3.80. The number of anilines is 1. The van der Waals surface area contributed by atoms with Crippen LogP contribution >= 0.6 is 34.5 Å². The van der Waals surface area contributed by atoms with Gasteiger partial charge in [-0.1, -0.05) is 35.3 Å². The summed E-state index contributed by atoms with van der Waals surface area (Å²) in [7, 11) is -3.89. The molecule has 110 valence electrons. The Hall–Kier alpha value is -1.46. The summed E-state index contributed by atoms with van der Waals surface area (Å²) in [6, 6.07) is 9.46. The molecule has 0 aliphatic carbocycles. The van der Waals surface area contributed by atoms with Crippen LogP contribution in [0, 0.1) is 11.3 Å². The summed E-state index contributed by atoms with van der Waals surface area (Å²) in [5.41, 5.74) is 0.214. The molecule has 9 heteroatoms. The number of sulfonamides is 1. The molecule has 21 heavy (non-hydrogen) atoms. The number of nitriles is 1. The van der Waals surface area contributed by atoms with Gasteiger partial charge in [0.25, 0.3) is 10.0 Å². The Morgan fingerprint density at radius 2 is 2.05 bits per heavy atom. The average molecular weight is 363 g/mol. The first-order valence-corrected chi connectivity index (χ1v) is 8.56. The van der Waals surface area contributed by atoms with Gasteiger partial charge in [0.05, 0.1) is 10.0 Å². The first-order valence-electron chi connectivity index (χ1n) is 5.50. The number of thiophene rings is 1. The number of hydrogen-bond donors (Lipinski definition) is 1. The number of ether oxygens (including phenoxy) is 1. The second kappa shape index (κ2) is 6.54. The predicted molar refractivity (Wildman–Crippen MR) is 82.7 cm³/mol. The molecule has 0 fully saturated rings. The van der Waals surface area contributed by atoms with Crippen molar-refractivity contribution in [2.45, 2.75) is 4.90 Å². The second-order valence-corrected chi connectivity index (χ2v) is 7.67. The highest BCUT2D eigenvalue weighted by Gasteiger charge is 2.22. The summed E-state index contributed by atoms with van der Waals surface area (Å²) in [4.78, 5) is -0.103. The SMILES string of the molecule is N#CCOc1ccccc1NS(=O)(=O)c1cc(Cl)sc1Cl. The van der Waals surface area contributed by atoms with Gasteiger partial charge in [-0.25, -0.2) is 8.42 Å². The van der Waals surface area contributed by atoms with Crippen molar-refractivity contribution in [2.75, 3.05) is 11.3 Å². The van der Waals surface area contributed by atoms with E-state index in [0.29, 0.717) is 0 Å². The third-order valence-corrected chi connectivity index (χ3v) is 5.46. The Balaban J connectivity index is 2.33. The number of rotatable bonds is 5. The van der Waals surface area contributed by atoms with Gasteiger partial charge in [0, 0.05) is 0 Å². The molecule has 2 rings (SSSR count). The summed E-state index contributed by atoms with van der Waals surface area (Å²) in [5.74, 6) is 0.250. The van der Waals surface area contributed by atoms with Gasteiger partial charge in [0.15, 0.2) is 6.61 Å². The summed E-state index contributed by atoms with van der Waals surface area (Å²) in [6.45, 7) is -0.191. The molecule has 1 heterocycles. The molecule has 2 aromatic rings. The highest BCUT2D eigenvalue weighted by Crippen LogP contribution is 2.36. The van der Waals surface area contributed by atoms with Gasteiger partial charge in [0.2, 0.25) is 0 Å². The van der Waals surface area contributed by atoms with Gasteiger partial charge in [-0.15, -0.1) is 11.3 Å². The van der Waals surface area contributed by atoms with Gasteiger partial charge < -0.3 is 4.74 Å². The van der Waals surface area contributed by atoms with Crippen LogP contribution in [0.2, 0.25) is 8.67 Å². The molecule has 1 aromatic heterocycles. The quantitative estimate of drug-likeness (QED) is 0.877. The zero-order valence-corrected chi connectivity index (χ0v) is 13.5. The summed E-state index contributed by atoms with van der Waals surface area (Å²) >= 11 is 12.6. The van der Waals surface area contributed by atoms with Crippen LogP contribution in [0.25, 0.3) is 0 Å². The largest absolute Gasteiger partial charge is 0.477 e. The van der Waals surface area contributed by atoms with Crippen LogP contribution in [0.1, 0.15) is 0 Å². The molecule has 0 aliphatic heterocycles. The van der Waals surface area contributed by atoms with E-state index in [9.17, 15) is 8.42 Å². The zero-order valence-electron chi connectivity index (χ0n) is 10.3. The highest BCUT2D eigenvalue weighted by molar-refractivity contribution is 7.93. The number of nitrogens with one attached hydrogen (secondary N) is 1. The van der Waals surface area contributed by atoms with Crippen LogP contribution in [0.3, 0.4) is 0 Å². The van der Waals surface area contributed by atoms with E-state index in [-0.39, 0.29) is 31.6 Å². The van der Waals surface area contributed by atoms with E-state index in [1.807, 2.05) is 6.07 Å². The summed E-state index contributed by atoms with van der Waals surface area (Å²) in [6.07, 6.45) is 0. The number of benzene rings is 1. The van der Waals surface area contributed by atoms with Crippen LogP contribution in [0.5, 0.6) is 5.75 Å². The lowest BCUT2D eigenvalue weighted by atomic mass is 10.3. The van der Waals surface area contributed by atoms with Crippen molar-refractivity contribution in [1.82, 2.24) is 0 Å². The normalized spacial score (nSPS) is 10.9. The first-order chi connectivity index (χ1) is 9.94. The fourth-order valence-corrected chi connectivity index (χ4v) is 4.72. The maximum atomic E-state index is 12.3. The van der Waals surface area contributed by atoms with Gasteiger partial charge >= 0.3 is 0 Å². The van der Waals surface area contributed by atoms with Crippen LogP contribution in [0.4, 0.5) is 5.69 Å². The minimum absolute atomic E-state index is 0.0722. The van der Waals surface area contributed by atoms with E-state index in [1.54, 1.807) is 18.2 Å². The maximum absolute atomic E-state index is 12.3. The molecule has 0 radical (unpaired) electrons. The Morgan fingerprint density at radius 1 is 1.33 bits per heavy atom. The highest BCUT2D eigenvalue weighted by atomic mass is 35.5. The van der Waals surface area contributed by atoms with Gasteiger partial charge in [0.1, 0.15) is 21.1 Å². The molecule has 1 aromatic carbocycles. The van der Waals surface area contributed by atoms with Crippen LogP contribution in [-0.2, 0) is 10.0 Å². The monoisotopic (exact) mass is 362 g/mol. The van der Waals surface area contributed by atoms with Crippen molar-refractivity contribution in [2.24, 2.45) is 0 Å². The van der Waals surface area contributed by atoms with E-state index >= 15 is 0 Å². The van der Waals surface area contributed by atoms with Gasteiger partial charge in [-0.05, 0) is 18.2 Å². The molecule has 0 saturated heterocycles. The summed E-state index contributed by atoms with van der Waals surface area (Å²) < 4.78 is 32.5. The lowest BCUT2D eigenvalue weighted by Crippen LogP contribution is -2.13. The molecule has 0 amide bonds. The number of para-hydroxylation sites is 2. The Morgan fingerprint density at radius 3 is 2.67 bits per heavy atom. The molecule has 0 aliphatic rings. The smallest absolute Gasteiger partial charge is 0.264 e. The van der Waals surface area contributed by atoms with E-state index in [2.05, 4.69) is 4.72 Å². The topological polar surface area (TPSA) is 79.2 Å². The first kappa shape index (κ1) is 15.9. The molecule has 0 atom stereocenters. The van der Waals surface area contributed by atoms with E-state index < -0.39 is 10.0 Å². The minimum Gasteiger partial charge on any atom is -0.477 e. The van der Waals surface area contributed by atoms with Crippen molar-refractivity contribution in [1.29, 1.82) is 5.26 Å². The van der Waals surface area contributed by atoms with E-state index in [1.165, 1.54) is 12.1 Å². The summed E-state index contributed by atoms with van der Waals surface area (Å²) in [5, 5.41) is 8.52. The van der Waals surface area contributed by atoms with Crippen molar-refractivity contribution < 1.29 is 13.2 Å². The fourth-order valence-electron chi connectivity index (χ4n) is 1.49. The van der Waals surface area contributed by atoms with Crippen molar-refractivity contribution in [3.63, 3.8) is 0 Å². The lowest BCUT2D eigenvalue weighted by molar-refractivity contribution is 0.370. The van der Waals surface area contributed by atoms with E-state index in [0.717, 1.165) is 11.3 Å². The average Bonchev–Trinajstić information content (AvgIpc) is 2.77. The second-order valence-electron chi connectivity index (χ2n) is 3.74. The number of hydrogen-bond acceptors (Lipinski definition) is 5. The van der Waals surface area contributed by atoms with Crippen LogP contribution in [0.15, 0.2) is 35.2 Å². The van der Waals surface area contributed by atoms with Crippen molar-refractivity contribution in [3.8, 4) is 11.8 Å². The maximum Gasteiger partial charge on any atom is 0.264 e. The molecule has 1 N–H and O–H groups in total. The predicted octanol–water partition coefficient (Wildman–Crippen LogP) is 3.76. The van der Waals surface area contributed by atoms with Crippen LogP contribution < -0.4 is 9.46 Å². The Kier molecular flexibility index (Phi) is 4.96. The molecule has 0 saturated carbocycles. The molecule has 5 nitrogen and oxygen atoms in total. The third-order valence-electron chi connectivity index (χ3n) is 2.34. The van der Waals surface area contributed by atoms with Crippen LogP contribution in [-0.4, -0.2) is 15.0 Å². The van der Waals surface area contributed by atoms with E-state index in [4.69, 9.17) is 33.2 Å². The molecular formula is C12H8Cl2N2O3S2. The Bertz CT molecular complexity index is 797. The standard InChI is InChI=1S/C12H8Cl2N2O3S2/c13-11-7-10(12(14)20-11)21(17,18)16-8-3-1-2-4-9(8)19-6-5-15/h1-4,7,16H,6H2. The molecule has 0 bridgehead atoms. The lowest BCUT2D eigenvalue weighted by Gasteiger charge is -2.11. The Labute approximate surface area is 135 Å². The minimum atomic E-state index is -3.89. The van der Waals surface area contributed by atoms with Crippen molar-refractivity contribution >= 4 is 50.2 Å². The molecule has 0 spiro atoms. The number of nitrogens with zero attached hydrogens (tertiary/aromatic N) is 1. The molecular weight excluding hydrogens is 355 g/mol. The molecule has 0 unspecified atom stereocenters. The van der Waals surface area contributed by atoms with Gasteiger partial charge in [-0.2, -0.15) is 5.26 Å². The van der Waals surface area contributed by atoms with Gasteiger partial charge in [-0.3, -0.25) is 4.72 Å². The zero-order chi connectivity index (χ0) is 15.5. The fraction of sp³-hybridized carbons (Fsp3) is 0.0833.